The Morgan fingerprint density at radius 2 is 1.85 bits per heavy atom. The van der Waals surface area contributed by atoms with Gasteiger partial charge in [0.25, 0.3) is 6.47 Å². The largest absolute Gasteiger partial charge is 0.483 e. The van der Waals surface area contributed by atoms with Crippen molar-refractivity contribution in [3.8, 4) is 6.07 Å². The third-order valence-corrected chi connectivity index (χ3v) is 6.62. The van der Waals surface area contributed by atoms with Gasteiger partial charge in [0.15, 0.2) is 5.65 Å². The maximum atomic E-state index is 10.1. The van der Waals surface area contributed by atoms with Crippen LogP contribution < -0.4 is 4.90 Å². The number of nitrogens with zero attached hydrogens (tertiary/aromatic N) is 5. The zero-order chi connectivity index (χ0) is 24.2. The van der Waals surface area contributed by atoms with Crippen LogP contribution >= 0.6 is 0 Å². The van der Waals surface area contributed by atoms with Gasteiger partial charge >= 0.3 is 0 Å². The average Bonchev–Trinajstić information content (AvgIpc) is 3.47. The summed E-state index contributed by atoms with van der Waals surface area (Å²) in [5, 5.41) is 17.0. The Hall–Kier alpha value is -3.89. The van der Waals surface area contributed by atoms with Crippen LogP contribution in [0.25, 0.3) is 16.7 Å². The van der Waals surface area contributed by atoms with Crippen molar-refractivity contribution in [1.29, 1.82) is 5.26 Å². The van der Waals surface area contributed by atoms with E-state index in [1.165, 1.54) is 16.9 Å². The number of likely N-dealkylation sites (N-methyl/N-ethyl adjacent to an activating group) is 1. The molecule has 3 heterocycles. The van der Waals surface area contributed by atoms with Crippen molar-refractivity contribution in [3.63, 3.8) is 0 Å². The van der Waals surface area contributed by atoms with Crippen LogP contribution in [0, 0.1) is 18.3 Å². The van der Waals surface area contributed by atoms with Crippen molar-refractivity contribution in [2.75, 3.05) is 32.1 Å². The van der Waals surface area contributed by atoms with Crippen LogP contribution in [0.5, 0.6) is 0 Å². The summed E-state index contributed by atoms with van der Waals surface area (Å²) in [6.07, 6.45) is 1.92. The van der Waals surface area contributed by atoms with Gasteiger partial charge in [-0.1, -0.05) is 42.5 Å². The molecule has 0 unspecified atom stereocenters. The summed E-state index contributed by atoms with van der Waals surface area (Å²) in [5.74, 6) is 1.19. The minimum absolute atomic E-state index is 0.250. The molecule has 34 heavy (non-hydrogen) atoms. The molecule has 1 N–H and O–H groups in total. The number of benzene rings is 2. The van der Waals surface area contributed by atoms with E-state index >= 15 is 0 Å². The van der Waals surface area contributed by atoms with Gasteiger partial charge in [-0.15, -0.1) is 0 Å². The fourth-order valence-electron chi connectivity index (χ4n) is 4.86. The number of para-hydroxylation sites is 2. The lowest BCUT2D eigenvalue weighted by molar-refractivity contribution is -0.122. The average molecular weight is 456 g/mol. The van der Waals surface area contributed by atoms with Crippen molar-refractivity contribution in [2.24, 2.45) is 0 Å². The van der Waals surface area contributed by atoms with Gasteiger partial charge in [0.2, 0.25) is 0 Å². The minimum Gasteiger partial charge on any atom is -0.483 e. The van der Waals surface area contributed by atoms with Crippen LogP contribution in [0.4, 0.5) is 5.82 Å². The van der Waals surface area contributed by atoms with Gasteiger partial charge in [-0.05, 0) is 50.7 Å². The highest BCUT2D eigenvalue weighted by Crippen LogP contribution is 2.36. The number of fused-ring (bicyclic) bond motifs is 3. The lowest BCUT2D eigenvalue weighted by Gasteiger charge is -2.27. The summed E-state index contributed by atoms with van der Waals surface area (Å²) >= 11 is 0. The highest BCUT2D eigenvalue weighted by atomic mass is 16.3. The molecule has 1 saturated heterocycles. The first-order valence-electron chi connectivity index (χ1n) is 11.4. The molecule has 1 aliphatic rings. The van der Waals surface area contributed by atoms with Crippen molar-refractivity contribution in [1.82, 2.24) is 14.3 Å². The Morgan fingerprint density at radius 3 is 2.50 bits per heavy atom. The number of rotatable bonds is 4. The molecule has 7 heteroatoms. The number of hydrogen-bond donors (Lipinski definition) is 1. The van der Waals surface area contributed by atoms with Crippen LogP contribution in [0.2, 0.25) is 0 Å². The molecule has 0 amide bonds. The van der Waals surface area contributed by atoms with Gasteiger partial charge in [-0.2, -0.15) is 5.26 Å². The monoisotopic (exact) mass is 455 g/mol. The molecule has 7 nitrogen and oxygen atoms in total. The van der Waals surface area contributed by atoms with Crippen molar-refractivity contribution < 1.29 is 9.90 Å². The summed E-state index contributed by atoms with van der Waals surface area (Å²) in [6.45, 7) is 3.80. The quantitative estimate of drug-likeness (QED) is 0.467. The van der Waals surface area contributed by atoms with Crippen molar-refractivity contribution >= 4 is 29.0 Å². The van der Waals surface area contributed by atoms with E-state index in [0.717, 1.165) is 48.2 Å². The summed E-state index contributed by atoms with van der Waals surface area (Å²) in [7, 11) is 4.32. The van der Waals surface area contributed by atoms with E-state index < -0.39 is 0 Å². The number of carboxylic acid groups (broad SMARTS) is 1. The van der Waals surface area contributed by atoms with Crippen LogP contribution in [0.3, 0.4) is 0 Å². The van der Waals surface area contributed by atoms with Crippen LogP contribution in [0.1, 0.15) is 28.7 Å². The van der Waals surface area contributed by atoms with E-state index in [-0.39, 0.29) is 6.47 Å². The fraction of sp³-hybridized carbons (Fsp3) is 0.296. The predicted molar refractivity (Wildman–Crippen MR) is 134 cm³/mol. The van der Waals surface area contributed by atoms with Gasteiger partial charge < -0.3 is 14.9 Å². The summed E-state index contributed by atoms with van der Waals surface area (Å²) in [4.78, 5) is 18.1. The molecule has 1 fully saturated rings. The van der Waals surface area contributed by atoms with E-state index in [1.807, 2.05) is 18.2 Å². The van der Waals surface area contributed by atoms with Crippen LogP contribution in [-0.2, 0) is 11.2 Å². The normalized spacial score (nSPS) is 15.4. The number of hydrogen-bond acceptors (Lipinski definition) is 5. The number of pyridine rings is 1. The molecule has 0 bridgehead atoms. The molecule has 0 aliphatic carbocycles. The first kappa shape index (κ1) is 23.3. The molecule has 0 radical (unpaired) electrons. The van der Waals surface area contributed by atoms with E-state index in [2.05, 4.69) is 77.7 Å². The Morgan fingerprint density at radius 1 is 1.18 bits per heavy atom. The highest BCUT2D eigenvalue weighted by Gasteiger charge is 2.30. The molecular formula is C27H29N5O2. The van der Waals surface area contributed by atoms with E-state index in [0.29, 0.717) is 11.6 Å². The zero-order valence-electron chi connectivity index (χ0n) is 19.8. The first-order valence-corrected chi connectivity index (χ1v) is 11.4. The highest BCUT2D eigenvalue weighted by molar-refractivity contribution is 5.86. The Labute approximate surface area is 199 Å². The van der Waals surface area contributed by atoms with Crippen LogP contribution in [0.15, 0.2) is 54.6 Å². The Kier molecular flexibility index (Phi) is 6.80. The summed E-state index contributed by atoms with van der Waals surface area (Å²) < 4.78 is 2.23. The molecule has 0 saturated carbocycles. The molecule has 174 valence electrons. The number of aromatic nitrogens is 2. The number of imidazole rings is 1. The second-order valence-electron chi connectivity index (χ2n) is 8.79. The lowest BCUT2D eigenvalue weighted by atomic mass is 9.97. The van der Waals surface area contributed by atoms with E-state index in [9.17, 15) is 5.26 Å². The van der Waals surface area contributed by atoms with Gasteiger partial charge in [-0.3, -0.25) is 9.20 Å². The second kappa shape index (κ2) is 9.94. The summed E-state index contributed by atoms with van der Waals surface area (Å²) in [6, 6.07) is 21.7. The number of carbonyl (C=O) groups is 1. The predicted octanol–water partition coefficient (Wildman–Crippen LogP) is 4.10. The van der Waals surface area contributed by atoms with E-state index in [4.69, 9.17) is 14.9 Å². The van der Waals surface area contributed by atoms with Gasteiger partial charge in [0.1, 0.15) is 11.9 Å². The Balaban J connectivity index is 0.000000868. The van der Waals surface area contributed by atoms with Crippen molar-refractivity contribution in [3.05, 3.63) is 76.9 Å². The molecule has 1 aliphatic heterocycles. The molecular weight excluding hydrogens is 426 g/mol. The van der Waals surface area contributed by atoms with Crippen molar-refractivity contribution in [2.45, 2.75) is 25.8 Å². The maximum absolute atomic E-state index is 10.1. The zero-order valence-corrected chi connectivity index (χ0v) is 19.8. The van der Waals surface area contributed by atoms with Gasteiger partial charge in [0.05, 0.1) is 16.6 Å². The third-order valence-electron chi connectivity index (χ3n) is 6.62. The van der Waals surface area contributed by atoms with Crippen LogP contribution in [-0.4, -0.2) is 59.1 Å². The SMILES string of the molecule is Cc1c(Cc2ccccc2)c(N2CC[C@H](N(C)C)C2)n2c(nc3ccccc32)c1C#N.O=CO. The number of anilines is 1. The smallest absolute Gasteiger partial charge is 0.290 e. The molecule has 2 aromatic carbocycles. The van der Waals surface area contributed by atoms with E-state index in [1.54, 1.807) is 0 Å². The molecule has 1 atom stereocenters. The Bertz CT molecular complexity index is 1350. The minimum atomic E-state index is -0.250. The standard InChI is InChI=1S/C26H27N5.CH2O2/c1-18-21(15-19-9-5-4-6-10-19)26(30-14-13-20(17-30)29(2)3)31-24-12-8-7-11-23(24)28-25(31)22(18)16-27;2-1-3/h4-12,20H,13-15,17H2,1-3H3;1H,(H,2,3)/t20-;/m0./s1. The summed E-state index contributed by atoms with van der Waals surface area (Å²) in [5.41, 5.74) is 6.94. The maximum Gasteiger partial charge on any atom is 0.290 e. The molecule has 2 aromatic heterocycles. The fourth-order valence-corrected chi connectivity index (χ4v) is 4.86. The molecule has 0 spiro atoms. The third kappa shape index (κ3) is 4.20. The number of nitriles is 1. The topological polar surface area (TPSA) is 84.9 Å². The van der Waals surface area contributed by atoms with Gasteiger partial charge in [0, 0.05) is 31.1 Å². The van der Waals surface area contributed by atoms with Gasteiger partial charge in [-0.25, -0.2) is 4.98 Å². The molecule has 5 rings (SSSR count). The first-order chi connectivity index (χ1) is 16.5. The lowest BCUT2D eigenvalue weighted by Crippen LogP contribution is -2.32. The molecule has 4 aromatic rings. The second-order valence-corrected chi connectivity index (χ2v) is 8.79.